The minimum Gasteiger partial charge on any atom is -0.497 e. The van der Waals surface area contributed by atoms with Gasteiger partial charge in [-0.2, -0.15) is 0 Å². The molecular weight excluding hydrogens is 262 g/mol. The van der Waals surface area contributed by atoms with Crippen LogP contribution in [0, 0.1) is 17.6 Å². The predicted molar refractivity (Wildman–Crippen MR) is 65.0 cm³/mol. The monoisotopic (exact) mass is 276 g/mol. The van der Waals surface area contributed by atoms with Crippen molar-refractivity contribution in [1.82, 2.24) is 0 Å². The molecule has 100 valence electrons. The number of alkyl halides is 1. The maximum atomic E-state index is 13.9. The summed E-state index contributed by atoms with van der Waals surface area (Å²) in [5.41, 5.74) is -0.142. The van der Waals surface area contributed by atoms with Crippen molar-refractivity contribution in [2.75, 3.05) is 13.7 Å². The topological polar surface area (TPSA) is 18.5 Å². The number of methoxy groups -OCH3 is 1. The van der Waals surface area contributed by atoms with Gasteiger partial charge in [-0.1, -0.05) is 6.92 Å². The standard InChI is InChI=1S/C13H15ClF2O2/c1-7-3-4-18-13(7)12(14)11-9(15)5-8(17-2)6-10(11)16/h5-7,12-13H,3-4H2,1-2H3. The first-order chi connectivity index (χ1) is 8.54. The van der Waals surface area contributed by atoms with Crippen molar-refractivity contribution in [3.8, 4) is 5.75 Å². The lowest BCUT2D eigenvalue weighted by atomic mass is 9.96. The molecule has 5 heteroatoms. The molecule has 1 aliphatic heterocycles. The summed E-state index contributed by atoms with van der Waals surface area (Å²) in [6.45, 7) is 2.54. The molecule has 18 heavy (non-hydrogen) atoms. The Kier molecular flexibility index (Phi) is 4.07. The van der Waals surface area contributed by atoms with Gasteiger partial charge in [0.15, 0.2) is 0 Å². The van der Waals surface area contributed by atoms with E-state index >= 15 is 0 Å². The van der Waals surface area contributed by atoms with E-state index in [9.17, 15) is 8.78 Å². The van der Waals surface area contributed by atoms with E-state index in [1.807, 2.05) is 6.92 Å². The summed E-state index contributed by atoms with van der Waals surface area (Å²) in [5.74, 6) is -1.07. The second-order valence-corrected chi connectivity index (χ2v) is 4.98. The first kappa shape index (κ1) is 13.6. The fourth-order valence-electron chi connectivity index (χ4n) is 2.20. The molecule has 1 aromatic rings. The predicted octanol–water partition coefficient (Wildman–Crippen LogP) is 3.68. The Morgan fingerprint density at radius 2 is 2.00 bits per heavy atom. The molecule has 1 aliphatic rings. The lowest BCUT2D eigenvalue weighted by Crippen LogP contribution is -2.21. The maximum Gasteiger partial charge on any atom is 0.134 e. The fourth-order valence-corrected chi connectivity index (χ4v) is 2.73. The average molecular weight is 277 g/mol. The molecule has 0 saturated carbocycles. The van der Waals surface area contributed by atoms with Gasteiger partial charge < -0.3 is 9.47 Å². The molecule has 3 unspecified atom stereocenters. The molecule has 0 amide bonds. The molecule has 0 spiro atoms. The van der Waals surface area contributed by atoms with E-state index < -0.39 is 17.0 Å². The van der Waals surface area contributed by atoms with Crippen molar-refractivity contribution in [3.05, 3.63) is 29.3 Å². The summed E-state index contributed by atoms with van der Waals surface area (Å²) in [4.78, 5) is 0. The van der Waals surface area contributed by atoms with Gasteiger partial charge in [0.25, 0.3) is 0 Å². The van der Waals surface area contributed by atoms with Gasteiger partial charge in [-0.3, -0.25) is 0 Å². The molecule has 2 rings (SSSR count). The average Bonchev–Trinajstić information content (AvgIpc) is 2.74. The van der Waals surface area contributed by atoms with Crippen LogP contribution in [0.15, 0.2) is 12.1 Å². The molecule has 2 nitrogen and oxygen atoms in total. The molecule has 1 fully saturated rings. The first-order valence-electron chi connectivity index (χ1n) is 5.83. The van der Waals surface area contributed by atoms with E-state index in [-0.39, 0.29) is 23.3 Å². The zero-order chi connectivity index (χ0) is 13.3. The maximum absolute atomic E-state index is 13.9. The lowest BCUT2D eigenvalue weighted by molar-refractivity contribution is 0.0887. The Morgan fingerprint density at radius 1 is 1.39 bits per heavy atom. The van der Waals surface area contributed by atoms with Gasteiger partial charge in [-0.25, -0.2) is 8.78 Å². The van der Waals surface area contributed by atoms with Crippen molar-refractivity contribution in [3.63, 3.8) is 0 Å². The van der Waals surface area contributed by atoms with Crippen LogP contribution in [0.2, 0.25) is 0 Å². The van der Waals surface area contributed by atoms with E-state index in [1.54, 1.807) is 0 Å². The normalized spacial score (nSPS) is 25.2. The summed E-state index contributed by atoms with van der Waals surface area (Å²) >= 11 is 6.17. The molecule has 0 radical (unpaired) electrons. The third-order valence-corrected chi connectivity index (χ3v) is 3.76. The van der Waals surface area contributed by atoms with Gasteiger partial charge in [-0.05, 0) is 12.3 Å². The highest BCUT2D eigenvalue weighted by Gasteiger charge is 2.35. The highest BCUT2D eigenvalue weighted by molar-refractivity contribution is 6.21. The van der Waals surface area contributed by atoms with Gasteiger partial charge in [-0.15, -0.1) is 11.6 Å². The zero-order valence-electron chi connectivity index (χ0n) is 10.3. The smallest absolute Gasteiger partial charge is 0.134 e. The zero-order valence-corrected chi connectivity index (χ0v) is 11.0. The summed E-state index contributed by atoms with van der Waals surface area (Å²) < 4.78 is 38.0. The second-order valence-electron chi connectivity index (χ2n) is 4.51. The number of rotatable bonds is 3. The Hall–Kier alpha value is -0.870. The van der Waals surface area contributed by atoms with E-state index in [4.69, 9.17) is 21.1 Å². The summed E-state index contributed by atoms with van der Waals surface area (Å²) in [7, 11) is 1.36. The number of ether oxygens (including phenoxy) is 2. The first-order valence-corrected chi connectivity index (χ1v) is 6.27. The van der Waals surface area contributed by atoms with Gasteiger partial charge in [0.1, 0.15) is 17.4 Å². The summed E-state index contributed by atoms with van der Waals surface area (Å²) in [5, 5.41) is -0.826. The molecule has 0 N–H and O–H groups in total. The van der Waals surface area contributed by atoms with E-state index in [0.29, 0.717) is 6.61 Å². The van der Waals surface area contributed by atoms with Crippen LogP contribution in [0.25, 0.3) is 0 Å². The van der Waals surface area contributed by atoms with Gasteiger partial charge in [0.05, 0.1) is 18.6 Å². The van der Waals surface area contributed by atoms with Gasteiger partial charge >= 0.3 is 0 Å². The SMILES string of the molecule is COc1cc(F)c(C(Cl)C2OCCC2C)c(F)c1. The number of halogens is 3. The largest absolute Gasteiger partial charge is 0.497 e. The van der Waals surface area contributed by atoms with Crippen molar-refractivity contribution in [1.29, 1.82) is 0 Å². The second kappa shape index (κ2) is 5.41. The van der Waals surface area contributed by atoms with Crippen LogP contribution in [0.5, 0.6) is 5.75 Å². The van der Waals surface area contributed by atoms with Crippen LogP contribution in [0.1, 0.15) is 24.3 Å². The molecule has 0 aromatic heterocycles. The molecule has 1 aromatic carbocycles. The highest BCUT2D eigenvalue weighted by Crippen LogP contribution is 2.38. The Morgan fingerprint density at radius 3 is 2.44 bits per heavy atom. The van der Waals surface area contributed by atoms with Gasteiger partial charge in [0.2, 0.25) is 0 Å². The lowest BCUT2D eigenvalue weighted by Gasteiger charge is -2.22. The van der Waals surface area contributed by atoms with Crippen LogP contribution in [-0.4, -0.2) is 19.8 Å². The molecular formula is C13H15ClF2O2. The van der Waals surface area contributed by atoms with Crippen LogP contribution in [0.3, 0.4) is 0 Å². The molecule has 3 atom stereocenters. The number of benzene rings is 1. The van der Waals surface area contributed by atoms with Crippen LogP contribution < -0.4 is 4.74 Å². The third-order valence-electron chi connectivity index (χ3n) is 3.30. The molecule has 1 saturated heterocycles. The minimum absolute atomic E-state index is 0.137. The quantitative estimate of drug-likeness (QED) is 0.784. The Bertz CT molecular complexity index is 416. The van der Waals surface area contributed by atoms with E-state index in [2.05, 4.69) is 0 Å². The highest BCUT2D eigenvalue weighted by atomic mass is 35.5. The van der Waals surface area contributed by atoms with Crippen molar-refractivity contribution < 1.29 is 18.3 Å². The summed E-state index contributed by atoms with van der Waals surface area (Å²) in [6.07, 6.45) is 0.497. The Balaban J connectivity index is 2.32. The number of hydrogen-bond acceptors (Lipinski definition) is 2. The summed E-state index contributed by atoms with van der Waals surface area (Å²) in [6, 6.07) is 2.26. The van der Waals surface area contributed by atoms with Crippen LogP contribution in [0.4, 0.5) is 8.78 Å². The van der Waals surface area contributed by atoms with Crippen molar-refractivity contribution in [2.45, 2.75) is 24.8 Å². The van der Waals surface area contributed by atoms with Gasteiger partial charge in [0, 0.05) is 24.3 Å². The van der Waals surface area contributed by atoms with Crippen LogP contribution >= 0.6 is 11.6 Å². The van der Waals surface area contributed by atoms with Crippen molar-refractivity contribution in [2.24, 2.45) is 5.92 Å². The third kappa shape index (κ3) is 2.45. The van der Waals surface area contributed by atoms with Crippen molar-refractivity contribution >= 4 is 11.6 Å². The molecule has 0 bridgehead atoms. The molecule has 0 aliphatic carbocycles. The fraction of sp³-hybridized carbons (Fsp3) is 0.538. The van der Waals surface area contributed by atoms with Crippen LogP contribution in [-0.2, 0) is 4.74 Å². The number of hydrogen-bond donors (Lipinski definition) is 0. The Labute approximate surface area is 110 Å². The minimum atomic E-state index is -0.826. The molecule has 1 heterocycles. The van der Waals surface area contributed by atoms with E-state index in [1.165, 1.54) is 7.11 Å². The van der Waals surface area contributed by atoms with E-state index in [0.717, 1.165) is 18.6 Å².